The lowest BCUT2D eigenvalue weighted by Crippen LogP contribution is -2.45. The molecule has 0 N–H and O–H groups in total. The minimum atomic E-state index is -1.03. The Morgan fingerprint density at radius 2 is 2.17 bits per heavy atom. The highest BCUT2D eigenvalue weighted by Gasteiger charge is 2.42. The first-order valence-corrected chi connectivity index (χ1v) is 11.0. The lowest BCUT2D eigenvalue weighted by Gasteiger charge is -2.39. The van der Waals surface area contributed by atoms with Crippen LogP contribution in [-0.2, 0) is 19.1 Å². The van der Waals surface area contributed by atoms with Gasteiger partial charge in [0, 0.05) is 30.1 Å². The van der Waals surface area contributed by atoms with Crippen LogP contribution in [0, 0.1) is 36.0 Å². The van der Waals surface area contributed by atoms with Crippen molar-refractivity contribution in [3.63, 3.8) is 0 Å². The highest BCUT2D eigenvalue weighted by atomic mass is 32.1. The van der Waals surface area contributed by atoms with Crippen molar-refractivity contribution in [2.45, 2.75) is 58.4 Å². The van der Waals surface area contributed by atoms with Gasteiger partial charge in [0.15, 0.2) is 18.3 Å². The fourth-order valence-electron chi connectivity index (χ4n) is 4.32. The number of carbonyl (C=O) groups excluding carboxylic acids is 3. The van der Waals surface area contributed by atoms with E-state index >= 15 is 0 Å². The third-order valence-electron chi connectivity index (χ3n) is 6.25. The lowest BCUT2D eigenvalue weighted by molar-refractivity contribution is -0.152. The standard InChI is InChI=1S/C21H27N3O4S/c1-12-5-4-6-17(14(12)3)24-9-15(7-19(24)26)21(27)28-10-18(25)16(8-22)20-23-13(2)11-29-20/h11-12,14-17H,4-7,9-10H2,1-3H3/t12-,14-,15-,16+,17+/m0/s1. The molecule has 2 aliphatic rings. The molecule has 0 unspecified atom stereocenters. The summed E-state index contributed by atoms with van der Waals surface area (Å²) in [5.41, 5.74) is 0.742. The van der Waals surface area contributed by atoms with Crippen LogP contribution in [-0.4, -0.2) is 46.7 Å². The number of hydrogen-bond donors (Lipinski definition) is 0. The van der Waals surface area contributed by atoms with Gasteiger partial charge in [0.25, 0.3) is 0 Å². The SMILES string of the molecule is Cc1csc([C@H](C#N)C(=O)COC(=O)[C@H]2CC(=O)N([C@@H]3CCC[C@H](C)[C@@H]3C)C2)n1. The van der Waals surface area contributed by atoms with E-state index in [-0.39, 0.29) is 18.4 Å². The monoisotopic (exact) mass is 417 g/mol. The molecule has 1 saturated heterocycles. The second kappa shape index (κ2) is 9.04. The summed E-state index contributed by atoms with van der Waals surface area (Å²) in [6, 6.07) is 2.10. The topological polar surface area (TPSA) is 100 Å². The number of Topliss-reactive ketones (excluding diaryl/α,β-unsaturated/α-hetero) is 1. The van der Waals surface area contributed by atoms with E-state index in [9.17, 15) is 19.6 Å². The minimum absolute atomic E-state index is 0.0163. The maximum atomic E-state index is 12.5. The zero-order valence-corrected chi connectivity index (χ0v) is 17.9. The number of ketones is 1. The quantitative estimate of drug-likeness (QED) is 0.660. The van der Waals surface area contributed by atoms with Crippen molar-refractivity contribution < 1.29 is 19.1 Å². The Kier molecular flexibility index (Phi) is 6.68. The summed E-state index contributed by atoms with van der Waals surface area (Å²) in [4.78, 5) is 43.4. The molecule has 8 heteroatoms. The van der Waals surface area contributed by atoms with Crippen molar-refractivity contribution >= 4 is 29.0 Å². The summed E-state index contributed by atoms with van der Waals surface area (Å²) in [5, 5.41) is 11.5. The van der Waals surface area contributed by atoms with Crippen LogP contribution in [0.1, 0.15) is 56.2 Å². The van der Waals surface area contributed by atoms with Crippen LogP contribution < -0.4 is 0 Å². The van der Waals surface area contributed by atoms with Gasteiger partial charge in [0.05, 0.1) is 12.0 Å². The van der Waals surface area contributed by atoms with Gasteiger partial charge in [0.2, 0.25) is 5.91 Å². The molecule has 1 amide bonds. The first-order chi connectivity index (χ1) is 13.8. The number of carbonyl (C=O) groups is 3. The largest absolute Gasteiger partial charge is 0.457 e. The molecule has 2 fully saturated rings. The smallest absolute Gasteiger partial charge is 0.311 e. The number of amides is 1. The van der Waals surface area contributed by atoms with Gasteiger partial charge in [-0.3, -0.25) is 14.4 Å². The second-order valence-corrected chi connectivity index (χ2v) is 9.13. The number of aromatic nitrogens is 1. The van der Waals surface area contributed by atoms with Crippen LogP contribution in [0.15, 0.2) is 5.38 Å². The molecular formula is C21H27N3O4S. The maximum absolute atomic E-state index is 12.5. The Hall–Kier alpha value is -2.27. The van der Waals surface area contributed by atoms with E-state index in [2.05, 4.69) is 18.8 Å². The molecule has 0 spiro atoms. The highest BCUT2D eigenvalue weighted by Crippen LogP contribution is 2.36. The van der Waals surface area contributed by atoms with E-state index in [1.54, 1.807) is 12.3 Å². The number of rotatable bonds is 6. The van der Waals surface area contributed by atoms with Gasteiger partial charge < -0.3 is 9.64 Å². The number of esters is 1. The van der Waals surface area contributed by atoms with Crippen molar-refractivity contribution in [3.8, 4) is 6.07 Å². The summed E-state index contributed by atoms with van der Waals surface area (Å²) >= 11 is 1.24. The van der Waals surface area contributed by atoms with Gasteiger partial charge in [0.1, 0.15) is 5.01 Å². The van der Waals surface area contributed by atoms with E-state index in [1.807, 2.05) is 11.0 Å². The van der Waals surface area contributed by atoms with Crippen LogP contribution in [0.5, 0.6) is 0 Å². The molecular weight excluding hydrogens is 390 g/mol. The molecule has 0 radical (unpaired) electrons. The predicted molar refractivity (Wildman–Crippen MR) is 107 cm³/mol. The number of nitriles is 1. The molecule has 5 atom stereocenters. The Morgan fingerprint density at radius 1 is 1.41 bits per heavy atom. The number of thiazole rings is 1. The van der Waals surface area contributed by atoms with Crippen LogP contribution >= 0.6 is 11.3 Å². The molecule has 1 aliphatic carbocycles. The van der Waals surface area contributed by atoms with E-state index < -0.39 is 30.2 Å². The number of aryl methyl sites for hydroxylation is 1. The first-order valence-electron chi connectivity index (χ1n) is 10.1. The molecule has 7 nitrogen and oxygen atoms in total. The van der Waals surface area contributed by atoms with Crippen LogP contribution in [0.25, 0.3) is 0 Å². The van der Waals surface area contributed by atoms with E-state index in [0.717, 1.165) is 18.5 Å². The van der Waals surface area contributed by atoms with Gasteiger partial charge in [-0.25, -0.2) is 4.98 Å². The molecule has 156 valence electrons. The van der Waals surface area contributed by atoms with Gasteiger partial charge in [-0.2, -0.15) is 5.26 Å². The van der Waals surface area contributed by atoms with Crippen molar-refractivity contribution in [2.75, 3.05) is 13.2 Å². The van der Waals surface area contributed by atoms with Crippen LogP contribution in [0.4, 0.5) is 0 Å². The van der Waals surface area contributed by atoms with E-state index in [4.69, 9.17) is 4.74 Å². The number of ether oxygens (including phenoxy) is 1. The van der Waals surface area contributed by atoms with Crippen molar-refractivity contribution in [1.82, 2.24) is 9.88 Å². The Labute approximate surface area is 175 Å². The number of nitrogens with zero attached hydrogens (tertiary/aromatic N) is 3. The van der Waals surface area contributed by atoms with Gasteiger partial charge >= 0.3 is 5.97 Å². The molecule has 1 aromatic rings. The Morgan fingerprint density at radius 3 is 2.83 bits per heavy atom. The van der Waals surface area contributed by atoms with E-state index in [1.165, 1.54) is 17.8 Å². The Balaban J connectivity index is 1.55. The summed E-state index contributed by atoms with van der Waals surface area (Å²) in [6.07, 6.45) is 3.36. The number of likely N-dealkylation sites (tertiary alicyclic amines) is 1. The fourth-order valence-corrected chi connectivity index (χ4v) is 5.18. The van der Waals surface area contributed by atoms with Crippen molar-refractivity contribution in [1.29, 1.82) is 5.26 Å². The summed E-state index contributed by atoms with van der Waals surface area (Å²) in [5.74, 6) is -1.68. The third-order valence-corrected chi connectivity index (χ3v) is 7.27. The third kappa shape index (κ3) is 4.67. The maximum Gasteiger partial charge on any atom is 0.311 e. The molecule has 1 aromatic heterocycles. The molecule has 1 aliphatic heterocycles. The predicted octanol–water partition coefficient (Wildman–Crippen LogP) is 2.84. The average molecular weight is 418 g/mol. The van der Waals surface area contributed by atoms with Crippen molar-refractivity contribution in [3.05, 3.63) is 16.1 Å². The Bertz CT molecular complexity index is 830. The normalized spacial score (nSPS) is 28.1. The summed E-state index contributed by atoms with van der Waals surface area (Å²) in [7, 11) is 0. The zero-order valence-electron chi connectivity index (χ0n) is 17.1. The molecule has 0 aromatic carbocycles. The summed E-state index contributed by atoms with van der Waals surface area (Å²) in [6.45, 7) is 6.05. The van der Waals surface area contributed by atoms with Crippen LogP contribution in [0.2, 0.25) is 0 Å². The molecule has 29 heavy (non-hydrogen) atoms. The van der Waals surface area contributed by atoms with Gasteiger partial charge in [-0.1, -0.05) is 26.7 Å². The summed E-state index contributed by atoms with van der Waals surface area (Å²) < 4.78 is 5.19. The first kappa shape index (κ1) is 21.4. The fraction of sp³-hybridized carbons (Fsp3) is 0.667. The van der Waals surface area contributed by atoms with E-state index in [0.29, 0.717) is 23.4 Å². The minimum Gasteiger partial charge on any atom is -0.457 e. The molecule has 2 heterocycles. The van der Waals surface area contributed by atoms with Gasteiger partial charge in [-0.05, 0) is 25.2 Å². The van der Waals surface area contributed by atoms with Crippen molar-refractivity contribution in [2.24, 2.45) is 17.8 Å². The molecule has 3 rings (SSSR count). The second-order valence-electron chi connectivity index (χ2n) is 8.25. The lowest BCUT2D eigenvalue weighted by atomic mass is 9.77. The highest BCUT2D eigenvalue weighted by molar-refractivity contribution is 7.09. The average Bonchev–Trinajstić information content (AvgIpc) is 3.28. The number of hydrogen-bond acceptors (Lipinski definition) is 7. The zero-order chi connectivity index (χ0) is 21.1. The molecule has 0 bridgehead atoms. The van der Waals surface area contributed by atoms with Gasteiger partial charge in [-0.15, -0.1) is 11.3 Å². The molecule has 1 saturated carbocycles. The van der Waals surface area contributed by atoms with Crippen LogP contribution in [0.3, 0.4) is 0 Å².